The minimum Gasteiger partial charge on any atom is -0.457 e. The van der Waals surface area contributed by atoms with Crippen molar-refractivity contribution in [2.45, 2.75) is 33.1 Å². The highest BCUT2D eigenvalue weighted by atomic mass is 19.1. The summed E-state index contributed by atoms with van der Waals surface area (Å²) < 4.78 is 20.8. The van der Waals surface area contributed by atoms with E-state index in [0.29, 0.717) is 35.2 Å². The zero-order chi connectivity index (χ0) is 27.3. The molecule has 2 heterocycles. The number of urea groups is 1. The maximum Gasteiger partial charge on any atom is 0.324 e. The number of ether oxygens (including phenoxy) is 1. The Morgan fingerprint density at radius 1 is 0.947 bits per heavy atom. The van der Waals surface area contributed by atoms with Crippen molar-refractivity contribution in [2.75, 3.05) is 17.2 Å². The number of benzene rings is 2. The molecule has 0 atom stereocenters. The van der Waals surface area contributed by atoms with E-state index >= 15 is 0 Å². The summed E-state index contributed by atoms with van der Waals surface area (Å²) in [5, 5.41) is 12.9. The van der Waals surface area contributed by atoms with Gasteiger partial charge in [-0.05, 0) is 61.5 Å². The molecule has 9 nitrogen and oxygen atoms in total. The molecule has 10 heteroatoms. The number of pyridine rings is 1. The fraction of sp³-hybridized carbons (Fsp3) is 0.214. The van der Waals surface area contributed by atoms with E-state index in [-0.39, 0.29) is 22.8 Å². The smallest absolute Gasteiger partial charge is 0.324 e. The molecule has 0 aliphatic heterocycles. The molecule has 0 fully saturated rings. The molecule has 4 aromatic rings. The van der Waals surface area contributed by atoms with Crippen LogP contribution >= 0.6 is 0 Å². The van der Waals surface area contributed by atoms with E-state index < -0.39 is 6.03 Å². The van der Waals surface area contributed by atoms with Crippen LogP contribution in [0.3, 0.4) is 0 Å². The second kappa shape index (κ2) is 11.1. The number of nitrogens with one attached hydrogen (secondary N) is 3. The van der Waals surface area contributed by atoms with E-state index in [1.807, 2.05) is 27.7 Å². The largest absolute Gasteiger partial charge is 0.457 e. The second-order valence-electron chi connectivity index (χ2n) is 9.49. The molecule has 0 unspecified atom stereocenters. The Labute approximate surface area is 220 Å². The van der Waals surface area contributed by atoms with Gasteiger partial charge in [-0.15, -0.1) is 0 Å². The number of halogens is 1. The monoisotopic (exact) mass is 516 g/mol. The molecule has 3 N–H and O–H groups in total. The Kier molecular flexibility index (Phi) is 7.71. The molecule has 196 valence electrons. The minimum atomic E-state index is -0.469. The van der Waals surface area contributed by atoms with Gasteiger partial charge < -0.3 is 15.4 Å². The van der Waals surface area contributed by atoms with Crippen molar-refractivity contribution < 1.29 is 18.7 Å². The first kappa shape index (κ1) is 26.3. The predicted molar refractivity (Wildman–Crippen MR) is 144 cm³/mol. The summed E-state index contributed by atoms with van der Waals surface area (Å²) in [6, 6.07) is 17.2. The summed E-state index contributed by atoms with van der Waals surface area (Å²) in [5.74, 6) is 0.790. The van der Waals surface area contributed by atoms with E-state index in [9.17, 15) is 14.0 Å². The number of hydrogen-bond donors (Lipinski definition) is 3. The van der Waals surface area contributed by atoms with Crippen LogP contribution in [0.5, 0.6) is 11.5 Å². The van der Waals surface area contributed by atoms with Gasteiger partial charge >= 0.3 is 6.03 Å². The Hall–Kier alpha value is -4.73. The number of aromatic nitrogens is 3. The highest BCUT2D eigenvalue weighted by Gasteiger charge is 2.21. The summed E-state index contributed by atoms with van der Waals surface area (Å²) >= 11 is 0. The summed E-state index contributed by atoms with van der Waals surface area (Å²) in [4.78, 5) is 28.9. The number of hydrogen-bond acceptors (Lipinski definition) is 5. The third-order valence-electron chi connectivity index (χ3n) is 5.44. The van der Waals surface area contributed by atoms with E-state index in [1.54, 1.807) is 59.3 Å². The van der Waals surface area contributed by atoms with Crippen molar-refractivity contribution >= 4 is 23.4 Å². The molecule has 0 spiro atoms. The van der Waals surface area contributed by atoms with E-state index in [0.717, 1.165) is 5.69 Å². The summed E-state index contributed by atoms with van der Waals surface area (Å²) in [7, 11) is 0. The lowest BCUT2D eigenvalue weighted by Gasteiger charge is -2.14. The van der Waals surface area contributed by atoms with Gasteiger partial charge in [-0.2, -0.15) is 5.10 Å². The van der Waals surface area contributed by atoms with E-state index in [2.05, 4.69) is 26.0 Å². The van der Waals surface area contributed by atoms with Crippen LogP contribution in [-0.2, 0) is 5.41 Å². The maximum atomic E-state index is 13.4. The van der Waals surface area contributed by atoms with Crippen molar-refractivity contribution in [1.29, 1.82) is 0 Å². The van der Waals surface area contributed by atoms with Gasteiger partial charge in [0.15, 0.2) is 0 Å². The molecule has 0 radical (unpaired) electrons. The van der Waals surface area contributed by atoms with Crippen molar-refractivity contribution in [3.63, 3.8) is 0 Å². The van der Waals surface area contributed by atoms with Gasteiger partial charge in [-0.3, -0.25) is 15.1 Å². The van der Waals surface area contributed by atoms with Gasteiger partial charge in [-0.25, -0.2) is 13.9 Å². The van der Waals surface area contributed by atoms with Gasteiger partial charge in [-0.1, -0.05) is 20.8 Å². The lowest BCUT2D eigenvalue weighted by atomic mass is 9.92. The molecule has 4 rings (SSSR count). The molecular weight excluding hydrogens is 487 g/mol. The zero-order valence-corrected chi connectivity index (χ0v) is 21.6. The average molecular weight is 517 g/mol. The number of carbonyl (C=O) groups is 2. The Morgan fingerprint density at radius 2 is 1.66 bits per heavy atom. The van der Waals surface area contributed by atoms with Gasteiger partial charge in [0.2, 0.25) is 0 Å². The zero-order valence-electron chi connectivity index (χ0n) is 21.6. The predicted octanol–water partition coefficient (Wildman–Crippen LogP) is 5.89. The summed E-state index contributed by atoms with van der Waals surface area (Å²) in [6.07, 6.45) is 1.50. The number of anilines is 2. The normalized spacial score (nSPS) is 11.1. The summed E-state index contributed by atoms with van der Waals surface area (Å²) in [6.45, 7) is 8.39. The lowest BCUT2D eigenvalue weighted by molar-refractivity contribution is 0.0950. The molecule has 2 aromatic heterocycles. The number of rotatable bonds is 7. The van der Waals surface area contributed by atoms with Gasteiger partial charge in [0.1, 0.15) is 28.8 Å². The molecule has 38 heavy (non-hydrogen) atoms. The summed E-state index contributed by atoms with van der Waals surface area (Å²) in [5.41, 5.74) is 1.92. The SMILES string of the molecule is CCNC(=O)c1cc(Oc2ccc(NC(=O)Nc3cc(C(C)(C)C)nn3-c3ccc(F)cc3)cc2)ccn1. The van der Waals surface area contributed by atoms with Crippen LogP contribution in [0.1, 0.15) is 43.9 Å². The van der Waals surface area contributed by atoms with Gasteiger partial charge in [0, 0.05) is 36.0 Å². The van der Waals surface area contributed by atoms with Gasteiger partial charge in [0.25, 0.3) is 5.91 Å². The van der Waals surface area contributed by atoms with Crippen molar-refractivity contribution in [3.05, 3.63) is 90.1 Å². The lowest BCUT2D eigenvalue weighted by Crippen LogP contribution is -2.23. The highest BCUT2D eigenvalue weighted by molar-refractivity contribution is 5.99. The van der Waals surface area contributed by atoms with Crippen LogP contribution in [0.25, 0.3) is 5.69 Å². The van der Waals surface area contributed by atoms with E-state index in [4.69, 9.17) is 4.74 Å². The van der Waals surface area contributed by atoms with Crippen molar-refractivity contribution in [1.82, 2.24) is 20.1 Å². The standard InChI is InChI=1S/C28H29FN6O3/c1-5-30-26(36)23-16-22(14-15-31-23)38-21-12-8-19(9-13-21)32-27(37)33-25-17-24(28(2,3)4)34-35(25)20-10-6-18(29)7-11-20/h6-17H,5H2,1-4H3,(H,30,36)(H2,32,33,37). The van der Waals surface area contributed by atoms with Crippen LogP contribution in [0, 0.1) is 5.82 Å². The average Bonchev–Trinajstić information content (AvgIpc) is 3.30. The number of carbonyl (C=O) groups excluding carboxylic acids is 2. The van der Waals surface area contributed by atoms with Crippen LogP contribution in [0.2, 0.25) is 0 Å². The Balaban J connectivity index is 1.44. The first-order valence-electron chi connectivity index (χ1n) is 12.1. The second-order valence-corrected chi connectivity index (χ2v) is 9.49. The molecule has 3 amide bonds. The fourth-order valence-electron chi connectivity index (χ4n) is 3.49. The molecular formula is C28H29FN6O3. The molecule has 0 aliphatic carbocycles. The van der Waals surface area contributed by atoms with Crippen molar-refractivity contribution in [3.8, 4) is 17.2 Å². The third kappa shape index (κ3) is 6.52. The van der Waals surface area contributed by atoms with Crippen LogP contribution in [0.15, 0.2) is 72.9 Å². The third-order valence-corrected chi connectivity index (χ3v) is 5.44. The van der Waals surface area contributed by atoms with Crippen LogP contribution in [0.4, 0.5) is 20.7 Å². The van der Waals surface area contributed by atoms with E-state index in [1.165, 1.54) is 18.3 Å². The van der Waals surface area contributed by atoms with Gasteiger partial charge in [0.05, 0.1) is 11.4 Å². The van der Waals surface area contributed by atoms with Crippen molar-refractivity contribution in [2.24, 2.45) is 0 Å². The molecule has 0 aliphatic rings. The first-order chi connectivity index (χ1) is 18.1. The topological polar surface area (TPSA) is 110 Å². The number of amides is 3. The van der Waals surface area contributed by atoms with Crippen LogP contribution in [-0.4, -0.2) is 33.2 Å². The Morgan fingerprint density at radius 3 is 2.32 bits per heavy atom. The van der Waals surface area contributed by atoms with Crippen LogP contribution < -0.4 is 20.7 Å². The highest BCUT2D eigenvalue weighted by Crippen LogP contribution is 2.27. The quantitative estimate of drug-likeness (QED) is 0.284. The first-order valence-corrected chi connectivity index (χ1v) is 12.1. The maximum absolute atomic E-state index is 13.4. The fourth-order valence-corrected chi connectivity index (χ4v) is 3.49. The molecule has 2 aromatic carbocycles. The molecule has 0 bridgehead atoms. The molecule has 0 saturated heterocycles. The minimum absolute atomic E-state index is 0.258. The number of nitrogens with zero attached hydrogens (tertiary/aromatic N) is 3. The Bertz CT molecular complexity index is 1430. The molecule has 0 saturated carbocycles.